The second kappa shape index (κ2) is 8.83. The molecule has 1 amide bonds. The molecule has 1 N–H and O–H groups in total. The van der Waals surface area contributed by atoms with E-state index in [4.69, 9.17) is 9.47 Å². The molecule has 0 atom stereocenters. The predicted octanol–water partition coefficient (Wildman–Crippen LogP) is 4.06. The molecule has 0 radical (unpaired) electrons. The van der Waals surface area contributed by atoms with Crippen molar-refractivity contribution >= 4 is 11.6 Å². The van der Waals surface area contributed by atoms with Gasteiger partial charge in [-0.3, -0.25) is 4.79 Å². The number of carbonyl (C=O) groups excluding carboxylic acids is 1. The van der Waals surface area contributed by atoms with Gasteiger partial charge in [0.15, 0.2) is 11.5 Å². The van der Waals surface area contributed by atoms with Crippen LogP contribution in [0.4, 0.5) is 5.69 Å². The maximum absolute atomic E-state index is 12.0. The molecule has 4 heteroatoms. The minimum Gasteiger partial charge on any atom is -0.490 e. The highest BCUT2D eigenvalue weighted by Crippen LogP contribution is 2.29. The molecule has 0 aromatic heterocycles. The summed E-state index contributed by atoms with van der Waals surface area (Å²) >= 11 is 0. The van der Waals surface area contributed by atoms with Gasteiger partial charge in [0, 0.05) is 12.1 Å². The molecule has 122 valence electrons. The van der Waals surface area contributed by atoms with Crippen LogP contribution < -0.4 is 14.8 Å². The van der Waals surface area contributed by atoms with Gasteiger partial charge in [0.25, 0.3) is 0 Å². The number of nitrogens with one attached hydrogen (secondary N) is 1. The Kier molecular flexibility index (Phi) is 6.48. The first-order valence-corrected chi connectivity index (χ1v) is 7.96. The quantitative estimate of drug-likeness (QED) is 0.799. The van der Waals surface area contributed by atoms with E-state index in [-0.39, 0.29) is 5.91 Å². The zero-order valence-electron chi connectivity index (χ0n) is 13.7. The molecule has 0 aliphatic carbocycles. The van der Waals surface area contributed by atoms with Gasteiger partial charge in [-0.05, 0) is 50.1 Å². The summed E-state index contributed by atoms with van der Waals surface area (Å²) in [4.78, 5) is 12.0. The Morgan fingerprint density at radius 1 is 0.957 bits per heavy atom. The van der Waals surface area contributed by atoms with Crippen LogP contribution in [0.3, 0.4) is 0 Å². The first-order chi connectivity index (χ1) is 11.2. The number of hydrogen-bond donors (Lipinski definition) is 1. The van der Waals surface area contributed by atoms with Gasteiger partial charge in [-0.15, -0.1) is 0 Å². The van der Waals surface area contributed by atoms with Crippen molar-refractivity contribution in [3.63, 3.8) is 0 Å². The second-order valence-corrected chi connectivity index (χ2v) is 5.06. The molecule has 0 saturated heterocycles. The minimum absolute atomic E-state index is 0.00282. The third-order valence-electron chi connectivity index (χ3n) is 3.31. The van der Waals surface area contributed by atoms with E-state index in [1.165, 1.54) is 0 Å². The van der Waals surface area contributed by atoms with Crippen molar-refractivity contribution < 1.29 is 14.3 Å². The largest absolute Gasteiger partial charge is 0.490 e. The van der Waals surface area contributed by atoms with Gasteiger partial charge in [0.05, 0.1) is 13.2 Å². The van der Waals surface area contributed by atoms with E-state index >= 15 is 0 Å². The zero-order chi connectivity index (χ0) is 16.5. The first-order valence-electron chi connectivity index (χ1n) is 7.96. The van der Waals surface area contributed by atoms with Crippen molar-refractivity contribution in [2.75, 3.05) is 18.5 Å². The Bertz CT molecular complexity index is 626. The summed E-state index contributed by atoms with van der Waals surface area (Å²) in [5.74, 6) is 1.48. The van der Waals surface area contributed by atoms with Crippen LogP contribution >= 0.6 is 0 Å². The van der Waals surface area contributed by atoms with Crippen molar-refractivity contribution in [3.05, 3.63) is 54.1 Å². The van der Waals surface area contributed by atoms with E-state index in [1.807, 2.05) is 62.4 Å². The van der Waals surface area contributed by atoms with Crippen LogP contribution in [-0.2, 0) is 11.2 Å². The third-order valence-corrected chi connectivity index (χ3v) is 3.31. The van der Waals surface area contributed by atoms with Gasteiger partial charge in [-0.25, -0.2) is 0 Å². The van der Waals surface area contributed by atoms with Gasteiger partial charge in [0.1, 0.15) is 0 Å². The maximum atomic E-state index is 12.0. The van der Waals surface area contributed by atoms with Crippen LogP contribution in [-0.4, -0.2) is 19.1 Å². The predicted molar refractivity (Wildman–Crippen MR) is 92.2 cm³/mol. The van der Waals surface area contributed by atoms with Crippen molar-refractivity contribution in [1.82, 2.24) is 0 Å². The lowest BCUT2D eigenvalue weighted by Gasteiger charge is -2.12. The van der Waals surface area contributed by atoms with Gasteiger partial charge in [-0.1, -0.05) is 24.3 Å². The van der Waals surface area contributed by atoms with Crippen molar-refractivity contribution in [2.24, 2.45) is 0 Å². The molecule has 2 aromatic carbocycles. The van der Waals surface area contributed by atoms with Gasteiger partial charge in [0.2, 0.25) is 5.91 Å². The van der Waals surface area contributed by atoms with Crippen LogP contribution in [0.2, 0.25) is 0 Å². The average molecular weight is 313 g/mol. The number of ether oxygens (including phenoxy) is 2. The molecule has 2 aromatic rings. The Morgan fingerprint density at radius 2 is 1.65 bits per heavy atom. The number of anilines is 1. The molecule has 0 heterocycles. The van der Waals surface area contributed by atoms with E-state index in [0.29, 0.717) is 26.1 Å². The minimum atomic E-state index is 0.00282. The summed E-state index contributed by atoms with van der Waals surface area (Å²) < 4.78 is 11.2. The molecule has 4 nitrogen and oxygen atoms in total. The fraction of sp³-hybridized carbons (Fsp3) is 0.316. The van der Waals surface area contributed by atoms with Crippen LogP contribution in [0.25, 0.3) is 0 Å². The molecule has 0 fully saturated rings. The highest BCUT2D eigenvalue weighted by atomic mass is 16.5. The summed E-state index contributed by atoms with van der Waals surface area (Å²) in [6.07, 6.45) is 1.08. The number of rotatable bonds is 8. The zero-order valence-corrected chi connectivity index (χ0v) is 13.7. The van der Waals surface area contributed by atoms with Crippen LogP contribution in [0, 0.1) is 0 Å². The molecule has 0 saturated carbocycles. The molecule has 0 bridgehead atoms. The molecule has 0 aliphatic rings. The summed E-state index contributed by atoms with van der Waals surface area (Å²) in [5, 5.41) is 2.89. The average Bonchev–Trinajstić information content (AvgIpc) is 2.56. The molecule has 2 rings (SSSR count). The molecular formula is C19H23NO3. The highest BCUT2D eigenvalue weighted by molar-refractivity contribution is 5.90. The number of carbonyl (C=O) groups is 1. The van der Waals surface area contributed by atoms with Crippen LogP contribution in [0.5, 0.6) is 11.5 Å². The summed E-state index contributed by atoms with van der Waals surface area (Å²) in [6.45, 7) is 5.06. The number of hydrogen-bond acceptors (Lipinski definition) is 3. The third kappa shape index (κ3) is 5.33. The van der Waals surface area contributed by atoms with E-state index < -0.39 is 0 Å². The van der Waals surface area contributed by atoms with Crippen LogP contribution in [0.15, 0.2) is 48.5 Å². The van der Waals surface area contributed by atoms with Crippen molar-refractivity contribution in [1.29, 1.82) is 0 Å². The van der Waals surface area contributed by atoms with Gasteiger partial charge in [-0.2, -0.15) is 0 Å². The van der Waals surface area contributed by atoms with E-state index in [9.17, 15) is 4.79 Å². The summed E-state index contributed by atoms with van der Waals surface area (Å²) in [6, 6.07) is 15.3. The Morgan fingerprint density at radius 3 is 2.35 bits per heavy atom. The molecular weight excluding hydrogens is 290 g/mol. The van der Waals surface area contributed by atoms with Gasteiger partial charge < -0.3 is 14.8 Å². The fourth-order valence-corrected chi connectivity index (χ4v) is 2.25. The summed E-state index contributed by atoms with van der Waals surface area (Å²) in [7, 11) is 0. The lowest BCUT2D eigenvalue weighted by Crippen LogP contribution is -2.12. The van der Waals surface area contributed by atoms with Crippen molar-refractivity contribution in [2.45, 2.75) is 26.7 Å². The smallest absolute Gasteiger partial charge is 0.224 e. The Hall–Kier alpha value is -2.49. The van der Waals surface area contributed by atoms with Gasteiger partial charge >= 0.3 is 0 Å². The fourth-order valence-electron chi connectivity index (χ4n) is 2.25. The Labute approximate surface area is 137 Å². The van der Waals surface area contributed by atoms with Crippen LogP contribution in [0.1, 0.15) is 25.8 Å². The monoisotopic (exact) mass is 313 g/mol. The SMILES string of the molecule is CCOc1ccc(CCC(=O)Nc2ccccc2)cc1OCC. The molecule has 0 unspecified atom stereocenters. The molecule has 23 heavy (non-hydrogen) atoms. The summed E-state index contributed by atoms with van der Waals surface area (Å²) in [5.41, 5.74) is 1.87. The number of amides is 1. The number of aryl methyl sites for hydroxylation is 1. The Balaban J connectivity index is 1.94. The number of benzene rings is 2. The van der Waals surface area contributed by atoms with E-state index in [1.54, 1.807) is 0 Å². The number of para-hydroxylation sites is 1. The second-order valence-electron chi connectivity index (χ2n) is 5.06. The normalized spacial score (nSPS) is 10.2. The standard InChI is InChI=1S/C19H23NO3/c1-3-22-17-12-10-15(14-18(17)23-4-2)11-13-19(21)20-16-8-6-5-7-9-16/h5-10,12,14H,3-4,11,13H2,1-2H3,(H,20,21). The lowest BCUT2D eigenvalue weighted by molar-refractivity contribution is -0.116. The maximum Gasteiger partial charge on any atom is 0.224 e. The van der Waals surface area contributed by atoms with Crippen molar-refractivity contribution in [3.8, 4) is 11.5 Å². The first kappa shape index (κ1) is 16.9. The van der Waals surface area contributed by atoms with E-state index in [0.717, 1.165) is 22.7 Å². The highest BCUT2D eigenvalue weighted by Gasteiger charge is 2.08. The molecule has 0 aliphatic heterocycles. The topological polar surface area (TPSA) is 47.6 Å². The molecule has 0 spiro atoms. The van der Waals surface area contributed by atoms with E-state index in [2.05, 4.69) is 5.32 Å². The lowest BCUT2D eigenvalue weighted by atomic mass is 10.1.